The maximum absolute atomic E-state index is 12.4. The fraction of sp³-hybridized carbons (Fsp3) is 0.333. The van der Waals surface area contributed by atoms with E-state index in [9.17, 15) is 13.2 Å². The number of hydrogen-bond acceptors (Lipinski definition) is 5. The lowest BCUT2D eigenvalue weighted by molar-refractivity contribution is -0.121. The van der Waals surface area contributed by atoms with Crippen LogP contribution in [-0.4, -0.2) is 32.4 Å². The van der Waals surface area contributed by atoms with Gasteiger partial charge in [0.2, 0.25) is 15.9 Å². The van der Waals surface area contributed by atoms with Crippen LogP contribution < -0.4 is 10.0 Å². The third kappa shape index (κ3) is 5.85. The van der Waals surface area contributed by atoms with Gasteiger partial charge in [-0.1, -0.05) is 24.3 Å². The number of nitrogens with one attached hydrogen (secondary N) is 2. The molecule has 154 valence electrons. The highest BCUT2D eigenvalue weighted by molar-refractivity contribution is 7.89. The van der Waals surface area contributed by atoms with Crippen LogP contribution >= 0.6 is 11.3 Å². The maximum atomic E-state index is 12.4. The van der Waals surface area contributed by atoms with Gasteiger partial charge >= 0.3 is 0 Å². The minimum Gasteiger partial charge on any atom is -0.355 e. The Labute approximate surface area is 175 Å². The first-order valence-corrected chi connectivity index (χ1v) is 11.8. The molecule has 3 aromatic rings. The summed E-state index contributed by atoms with van der Waals surface area (Å²) in [6.45, 7) is 4.03. The fourth-order valence-electron chi connectivity index (χ4n) is 2.98. The Morgan fingerprint density at radius 3 is 2.69 bits per heavy atom. The molecule has 0 aliphatic heterocycles. The Balaban J connectivity index is 1.39. The van der Waals surface area contributed by atoms with Crippen LogP contribution in [0.25, 0.3) is 10.2 Å². The Morgan fingerprint density at radius 1 is 1.10 bits per heavy atom. The van der Waals surface area contributed by atoms with Crippen LogP contribution in [0.1, 0.15) is 29.0 Å². The molecule has 29 heavy (non-hydrogen) atoms. The van der Waals surface area contributed by atoms with Crippen molar-refractivity contribution in [2.24, 2.45) is 0 Å². The van der Waals surface area contributed by atoms with Crippen molar-refractivity contribution in [1.82, 2.24) is 15.0 Å². The van der Waals surface area contributed by atoms with E-state index < -0.39 is 10.0 Å². The summed E-state index contributed by atoms with van der Waals surface area (Å²) in [5.74, 6) is -0.0861. The number of carbonyl (C=O) groups excluding carboxylic acids is 1. The van der Waals surface area contributed by atoms with Gasteiger partial charge in [-0.2, -0.15) is 0 Å². The highest BCUT2D eigenvalue weighted by Crippen LogP contribution is 2.22. The first-order chi connectivity index (χ1) is 13.8. The lowest BCUT2D eigenvalue weighted by Crippen LogP contribution is -2.34. The number of thiazole rings is 1. The molecular weight excluding hydrogens is 406 g/mol. The number of aryl methyl sites for hydroxylation is 3. The van der Waals surface area contributed by atoms with E-state index in [0.717, 1.165) is 27.2 Å². The maximum Gasteiger partial charge on any atom is 0.240 e. The Morgan fingerprint density at radius 2 is 1.90 bits per heavy atom. The average Bonchev–Trinajstić information content (AvgIpc) is 3.10. The van der Waals surface area contributed by atoms with Crippen molar-refractivity contribution < 1.29 is 13.2 Å². The summed E-state index contributed by atoms with van der Waals surface area (Å²) in [7, 11) is -3.59. The van der Waals surface area contributed by atoms with E-state index in [1.54, 1.807) is 30.4 Å². The van der Waals surface area contributed by atoms with Crippen molar-refractivity contribution in [1.29, 1.82) is 0 Å². The third-order valence-corrected chi connectivity index (χ3v) is 7.20. The molecule has 2 N–H and O–H groups in total. The van der Waals surface area contributed by atoms with Crippen molar-refractivity contribution in [3.8, 4) is 0 Å². The first-order valence-electron chi connectivity index (χ1n) is 9.53. The second-order valence-electron chi connectivity index (χ2n) is 6.95. The van der Waals surface area contributed by atoms with Gasteiger partial charge in [-0.15, -0.1) is 11.3 Å². The van der Waals surface area contributed by atoms with Crippen molar-refractivity contribution >= 4 is 37.5 Å². The minimum absolute atomic E-state index is 0.0861. The SMILES string of the molecule is Cc1ccc(C)c(S(=O)(=O)NCCNC(=O)CCCc2nc3ccccc3s2)c1. The second kappa shape index (κ2) is 9.47. The van der Waals surface area contributed by atoms with Gasteiger partial charge in [0.05, 0.1) is 20.1 Å². The van der Waals surface area contributed by atoms with Crippen molar-refractivity contribution in [3.05, 3.63) is 58.6 Å². The lowest BCUT2D eigenvalue weighted by Gasteiger charge is -2.10. The van der Waals surface area contributed by atoms with E-state index >= 15 is 0 Å². The van der Waals surface area contributed by atoms with Crippen LogP contribution in [0.15, 0.2) is 47.4 Å². The summed E-state index contributed by atoms with van der Waals surface area (Å²) < 4.78 is 28.5. The van der Waals surface area contributed by atoms with Gasteiger partial charge in [0.25, 0.3) is 0 Å². The molecule has 3 rings (SSSR count). The van der Waals surface area contributed by atoms with Crippen molar-refractivity contribution in [2.75, 3.05) is 13.1 Å². The predicted molar refractivity (Wildman–Crippen MR) is 117 cm³/mol. The van der Waals surface area contributed by atoms with Gasteiger partial charge in [0, 0.05) is 19.5 Å². The van der Waals surface area contributed by atoms with Crippen molar-refractivity contribution in [2.45, 2.75) is 38.0 Å². The second-order valence-corrected chi connectivity index (χ2v) is 9.80. The van der Waals surface area contributed by atoms with Crippen LogP contribution in [0, 0.1) is 13.8 Å². The first kappa shape index (κ1) is 21.4. The summed E-state index contributed by atoms with van der Waals surface area (Å²) >= 11 is 1.65. The zero-order chi connectivity index (χ0) is 20.9. The molecule has 0 spiro atoms. The van der Waals surface area contributed by atoms with E-state index in [1.807, 2.05) is 37.3 Å². The molecule has 0 aliphatic carbocycles. The molecule has 0 bridgehead atoms. The number of sulfonamides is 1. The minimum atomic E-state index is -3.59. The summed E-state index contributed by atoms with van der Waals surface area (Å²) in [6, 6.07) is 13.3. The summed E-state index contributed by atoms with van der Waals surface area (Å²) in [6.07, 6.45) is 1.85. The molecule has 1 aromatic heterocycles. The van der Waals surface area contributed by atoms with Crippen LogP contribution in [0.4, 0.5) is 0 Å². The molecule has 6 nitrogen and oxygen atoms in total. The van der Waals surface area contributed by atoms with E-state index in [4.69, 9.17) is 0 Å². The van der Waals surface area contributed by atoms with E-state index in [1.165, 1.54) is 0 Å². The van der Waals surface area contributed by atoms with Crippen LogP contribution in [0.5, 0.6) is 0 Å². The molecular formula is C21H25N3O3S2. The number of rotatable bonds is 9. The van der Waals surface area contributed by atoms with E-state index in [2.05, 4.69) is 15.0 Å². The zero-order valence-corrected chi connectivity index (χ0v) is 18.2. The molecule has 1 amide bonds. The zero-order valence-electron chi connectivity index (χ0n) is 16.6. The van der Waals surface area contributed by atoms with Gasteiger partial charge in [-0.25, -0.2) is 18.1 Å². The standard InChI is InChI=1S/C21H25N3O3S2/c1-15-10-11-16(2)19(14-15)29(26,27)23-13-12-22-20(25)8-5-9-21-24-17-6-3-4-7-18(17)28-21/h3-4,6-7,10-11,14,23H,5,8-9,12-13H2,1-2H3,(H,22,25). The molecule has 0 atom stereocenters. The quantitative estimate of drug-likeness (QED) is 0.509. The molecule has 0 fully saturated rings. The third-order valence-electron chi connectivity index (χ3n) is 4.51. The summed E-state index contributed by atoms with van der Waals surface area (Å²) in [5.41, 5.74) is 2.58. The number of amides is 1. The predicted octanol–water partition coefficient (Wildman–Crippen LogP) is 3.33. The van der Waals surface area contributed by atoms with Gasteiger partial charge < -0.3 is 5.32 Å². The summed E-state index contributed by atoms with van der Waals surface area (Å²) in [5, 5.41) is 3.79. The number of fused-ring (bicyclic) bond motifs is 1. The van der Waals surface area contributed by atoms with Gasteiger partial charge in [-0.05, 0) is 56.0 Å². The van der Waals surface area contributed by atoms with Crippen LogP contribution in [0.2, 0.25) is 0 Å². The number of para-hydroxylation sites is 1. The molecule has 0 unspecified atom stereocenters. The van der Waals surface area contributed by atoms with Gasteiger partial charge in [0.1, 0.15) is 0 Å². The Hall–Kier alpha value is -2.29. The average molecular weight is 432 g/mol. The van der Waals surface area contributed by atoms with E-state index in [0.29, 0.717) is 18.4 Å². The van der Waals surface area contributed by atoms with Crippen LogP contribution in [0.3, 0.4) is 0 Å². The molecule has 8 heteroatoms. The largest absolute Gasteiger partial charge is 0.355 e. The lowest BCUT2D eigenvalue weighted by atomic mass is 10.2. The number of hydrogen-bond donors (Lipinski definition) is 2. The monoisotopic (exact) mass is 431 g/mol. The highest BCUT2D eigenvalue weighted by atomic mass is 32.2. The Bertz CT molecular complexity index is 1070. The number of nitrogens with zero attached hydrogens (tertiary/aromatic N) is 1. The molecule has 0 saturated heterocycles. The highest BCUT2D eigenvalue weighted by Gasteiger charge is 2.16. The topological polar surface area (TPSA) is 88.2 Å². The molecule has 0 saturated carbocycles. The fourth-order valence-corrected chi connectivity index (χ4v) is 5.35. The molecule has 0 radical (unpaired) electrons. The summed E-state index contributed by atoms with van der Waals surface area (Å²) in [4.78, 5) is 16.8. The normalized spacial score (nSPS) is 11.7. The molecule has 0 aliphatic rings. The van der Waals surface area contributed by atoms with Gasteiger partial charge in [0.15, 0.2) is 0 Å². The number of carbonyl (C=O) groups is 1. The molecule has 1 heterocycles. The van der Waals surface area contributed by atoms with Crippen LogP contribution in [-0.2, 0) is 21.2 Å². The van der Waals surface area contributed by atoms with Gasteiger partial charge in [-0.3, -0.25) is 4.79 Å². The number of aromatic nitrogens is 1. The van der Waals surface area contributed by atoms with Crippen molar-refractivity contribution in [3.63, 3.8) is 0 Å². The molecule has 2 aromatic carbocycles. The number of benzene rings is 2. The smallest absolute Gasteiger partial charge is 0.240 e. The van der Waals surface area contributed by atoms with E-state index in [-0.39, 0.29) is 23.9 Å². The Kier molecular flexibility index (Phi) is 7.00.